The molecule has 0 spiro atoms. The maximum atomic E-state index is 12.6. The molecule has 0 aromatic heterocycles. The SMILES string of the molecule is CC(C)Oc1ccc(NC(=S)NC(=O)c2ccc(OCCc3ccccc3)c(Br)c2)cc1. The highest BCUT2D eigenvalue weighted by molar-refractivity contribution is 9.10. The quantitative estimate of drug-likeness (QED) is 0.363. The van der Waals surface area contributed by atoms with E-state index >= 15 is 0 Å². The summed E-state index contributed by atoms with van der Waals surface area (Å²) in [7, 11) is 0. The van der Waals surface area contributed by atoms with Crippen LogP contribution in [0.2, 0.25) is 0 Å². The summed E-state index contributed by atoms with van der Waals surface area (Å²) in [5.41, 5.74) is 2.44. The van der Waals surface area contributed by atoms with E-state index in [0.29, 0.717) is 22.4 Å². The standard InChI is InChI=1S/C25H25BrN2O3S/c1-17(2)31-21-11-9-20(10-12-21)27-25(32)28-24(29)19-8-13-23(22(26)16-19)30-15-14-18-6-4-3-5-7-18/h3-13,16-17H,14-15H2,1-2H3,(H2,27,28,29,32). The highest BCUT2D eigenvalue weighted by Crippen LogP contribution is 2.26. The van der Waals surface area contributed by atoms with Gasteiger partial charge >= 0.3 is 0 Å². The molecule has 0 fully saturated rings. The van der Waals surface area contributed by atoms with E-state index in [1.165, 1.54) is 5.56 Å². The van der Waals surface area contributed by atoms with E-state index in [1.54, 1.807) is 18.2 Å². The molecule has 7 heteroatoms. The Hall–Kier alpha value is -2.90. The van der Waals surface area contributed by atoms with Crippen molar-refractivity contribution in [2.24, 2.45) is 0 Å². The van der Waals surface area contributed by atoms with E-state index in [-0.39, 0.29) is 17.1 Å². The summed E-state index contributed by atoms with van der Waals surface area (Å²) in [5, 5.41) is 5.91. The summed E-state index contributed by atoms with van der Waals surface area (Å²) in [4.78, 5) is 12.6. The van der Waals surface area contributed by atoms with Crippen LogP contribution in [0, 0.1) is 0 Å². The first-order valence-electron chi connectivity index (χ1n) is 10.3. The van der Waals surface area contributed by atoms with Crippen molar-refractivity contribution in [2.45, 2.75) is 26.4 Å². The predicted octanol–water partition coefficient (Wildman–Crippen LogP) is 5.98. The van der Waals surface area contributed by atoms with Crippen molar-refractivity contribution in [1.82, 2.24) is 5.32 Å². The van der Waals surface area contributed by atoms with Crippen molar-refractivity contribution in [3.63, 3.8) is 0 Å². The molecule has 5 nitrogen and oxygen atoms in total. The van der Waals surface area contributed by atoms with E-state index < -0.39 is 0 Å². The summed E-state index contributed by atoms with van der Waals surface area (Å²) in [6.45, 7) is 4.49. The average molecular weight is 513 g/mol. The van der Waals surface area contributed by atoms with Gasteiger partial charge in [0.05, 0.1) is 17.2 Å². The fraction of sp³-hybridized carbons (Fsp3) is 0.200. The lowest BCUT2D eigenvalue weighted by molar-refractivity contribution is 0.0977. The molecule has 32 heavy (non-hydrogen) atoms. The molecule has 166 valence electrons. The van der Waals surface area contributed by atoms with Crippen molar-refractivity contribution < 1.29 is 14.3 Å². The van der Waals surface area contributed by atoms with Crippen molar-refractivity contribution in [1.29, 1.82) is 0 Å². The first-order valence-corrected chi connectivity index (χ1v) is 11.5. The summed E-state index contributed by atoms with van der Waals surface area (Å²) >= 11 is 8.75. The largest absolute Gasteiger partial charge is 0.492 e. The zero-order chi connectivity index (χ0) is 22.9. The Kier molecular flexibility index (Phi) is 8.64. The van der Waals surface area contributed by atoms with Gasteiger partial charge in [0.1, 0.15) is 11.5 Å². The van der Waals surface area contributed by atoms with Gasteiger partial charge in [-0.1, -0.05) is 30.3 Å². The molecular formula is C25H25BrN2O3S. The number of nitrogens with one attached hydrogen (secondary N) is 2. The van der Waals surface area contributed by atoms with Crippen LogP contribution in [-0.4, -0.2) is 23.7 Å². The third kappa shape index (κ3) is 7.35. The Morgan fingerprint density at radius 1 is 1.03 bits per heavy atom. The minimum absolute atomic E-state index is 0.106. The molecular weight excluding hydrogens is 488 g/mol. The Morgan fingerprint density at radius 3 is 2.41 bits per heavy atom. The summed E-state index contributed by atoms with van der Waals surface area (Å²) in [6, 6.07) is 22.7. The lowest BCUT2D eigenvalue weighted by Crippen LogP contribution is -2.34. The molecule has 2 N–H and O–H groups in total. The molecule has 0 bridgehead atoms. The minimum atomic E-state index is -0.307. The van der Waals surface area contributed by atoms with Crippen LogP contribution in [-0.2, 0) is 6.42 Å². The van der Waals surface area contributed by atoms with Crippen LogP contribution < -0.4 is 20.1 Å². The second kappa shape index (κ2) is 11.6. The zero-order valence-corrected chi connectivity index (χ0v) is 20.3. The maximum Gasteiger partial charge on any atom is 0.257 e. The van der Waals surface area contributed by atoms with Crippen LogP contribution in [0.5, 0.6) is 11.5 Å². The number of ether oxygens (including phenoxy) is 2. The molecule has 0 aliphatic heterocycles. The molecule has 3 aromatic rings. The third-order valence-electron chi connectivity index (χ3n) is 4.40. The molecule has 0 heterocycles. The van der Waals surface area contributed by atoms with Gasteiger partial charge in [-0.05, 0) is 90.0 Å². The van der Waals surface area contributed by atoms with Gasteiger partial charge in [0, 0.05) is 17.7 Å². The second-order valence-corrected chi connectivity index (χ2v) is 8.59. The molecule has 3 aromatic carbocycles. The number of hydrogen-bond acceptors (Lipinski definition) is 4. The van der Waals surface area contributed by atoms with Gasteiger partial charge < -0.3 is 14.8 Å². The fourth-order valence-electron chi connectivity index (χ4n) is 2.91. The monoisotopic (exact) mass is 512 g/mol. The van der Waals surface area contributed by atoms with Crippen molar-refractivity contribution in [3.05, 3.63) is 88.4 Å². The summed E-state index contributed by atoms with van der Waals surface area (Å²) in [5.74, 6) is 1.15. The van der Waals surface area contributed by atoms with Gasteiger partial charge in [0.25, 0.3) is 5.91 Å². The first-order chi connectivity index (χ1) is 15.4. The van der Waals surface area contributed by atoms with Crippen LogP contribution in [0.1, 0.15) is 29.8 Å². The van der Waals surface area contributed by atoms with Crippen LogP contribution >= 0.6 is 28.1 Å². The van der Waals surface area contributed by atoms with Crippen LogP contribution in [0.4, 0.5) is 5.69 Å². The highest BCUT2D eigenvalue weighted by atomic mass is 79.9. The second-order valence-electron chi connectivity index (χ2n) is 7.33. The van der Waals surface area contributed by atoms with Crippen molar-refractivity contribution in [2.75, 3.05) is 11.9 Å². The Morgan fingerprint density at radius 2 is 1.75 bits per heavy atom. The number of anilines is 1. The Bertz CT molecular complexity index is 1060. The maximum absolute atomic E-state index is 12.6. The molecule has 0 radical (unpaired) electrons. The summed E-state index contributed by atoms with van der Waals surface area (Å²) in [6.07, 6.45) is 0.911. The number of rotatable bonds is 8. The van der Waals surface area contributed by atoms with E-state index in [9.17, 15) is 4.79 Å². The molecule has 0 unspecified atom stereocenters. The van der Waals surface area contributed by atoms with E-state index in [1.807, 2.05) is 56.3 Å². The lowest BCUT2D eigenvalue weighted by Gasteiger charge is -2.13. The van der Waals surface area contributed by atoms with Crippen LogP contribution in [0.25, 0.3) is 0 Å². The fourth-order valence-corrected chi connectivity index (χ4v) is 3.61. The molecule has 1 amide bonds. The third-order valence-corrected chi connectivity index (χ3v) is 5.22. The van der Waals surface area contributed by atoms with Crippen molar-refractivity contribution >= 4 is 44.9 Å². The Balaban J connectivity index is 1.51. The zero-order valence-electron chi connectivity index (χ0n) is 17.9. The van der Waals surface area contributed by atoms with Crippen LogP contribution in [0.3, 0.4) is 0 Å². The first kappa shape index (κ1) is 23.8. The molecule has 0 aliphatic rings. The number of carbonyl (C=O) groups excluding carboxylic acids is 1. The molecule has 3 rings (SSSR count). The molecule has 0 aliphatic carbocycles. The average Bonchev–Trinajstić information content (AvgIpc) is 2.76. The number of hydrogen-bond donors (Lipinski definition) is 2. The topological polar surface area (TPSA) is 59.6 Å². The van der Waals surface area contributed by atoms with E-state index in [0.717, 1.165) is 17.9 Å². The molecule has 0 saturated heterocycles. The summed E-state index contributed by atoms with van der Waals surface area (Å²) < 4.78 is 12.2. The molecule has 0 atom stereocenters. The van der Waals surface area contributed by atoms with Gasteiger partial charge in [0.2, 0.25) is 0 Å². The lowest BCUT2D eigenvalue weighted by atomic mass is 10.2. The van der Waals surface area contributed by atoms with Crippen molar-refractivity contribution in [3.8, 4) is 11.5 Å². The van der Waals surface area contributed by atoms with Gasteiger partial charge in [-0.3, -0.25) is 10.1 Å². The van der Waals surface area contributed by atoms with E-state index in [4.69, 9.17) is 21.7 Å². The molecule has 0 saturated carbocycles. The number of halogens is 1. The number of amides is 1. The minimum Gasteiger partial charge on any atom is -0.492 e. The number of benzene rings is 3. The van der Waals surface area contributed by atoms with E-state index in [2.05, 4.69) is 38.7 Å². The normalized spacial score (nSPS) is 10.5. The van der Waals surface area contributed by atoms with Gasteiger partial charge in [-0.2, -0.15) is 0 Å². The number of thiocarbonyl (C=S) groups is 1. The van der Waals surface area contributed by atoms with Gasteiger partial charge in [-0.25, -0.2) is 0 Å². The predicted molar refractivity (Wildman–Crippen MR) is 136 cm³/mol. The van der Waals surface area contributed by atoms with Gasteiger partial charge in [0.15, 0.2) is 5.11 Å². The van der Waals surface area contributed by atoms with Gasteiger partial charge in [-0.15, -0.1) is 0 Å². The Labute approximate surface area is 202 Å². The number of carbonyl (C=O) groups is 1. The smallest absolute Gasteiger partial charge is 0.257 e. The highest BCUT2D eigenvalue weighted by Gasteiger charge is 2.11. The van der Waals surface area contributed by atoms with Crippen LogP contribution in [0.15, 0.2) is 77.3 Å².